The molecule has 5 heteroatoms. The van der Waals surface area contributed by atoms with Gasteiger partial charge in [-0.2, -0.15) is 13.2 Å². The van der Waals surface area contributed by atoms with E-state index in [9.17, 15) is 13.2 Å². The Balaban J connectivity index is 2.78. The minimum absolute atomic E-state index is 0.00347. The van der Waals surface area contributed by atoms with Crippen molar-refractivity contribution in [3.8, 4) is 0 Å². The lowest BCUT2D eigenvalue weighted by atomic mass is 9.87. The molecule has 72 valence electrons. The van der Waals surface area contributed by atoms with Crippen molar-refractivity contribution >= 4 is 0 Å². The molecule has 1 aliphatic heterocycles. The highest BCUT2D eigenvalue weighted by Crippen LogP contribution is 2.44. The van der Waals surface area contributed by atoms with E-state index in [0.717, 1.165) is 0 Å². The van der Waals surface area contributed by atoms with Crippen LogP contribution >= 0.6 is 0 Å². The first-order valence-corrected chi connectivity index (χ1v) is 3.77. The Kier molecular flexibility index (Phi) is 2.35. The second-order valence-corrected chi connectivity index (χ2v) is 3.42. The van der Waals surface area contributed by atoms with Crippen molar-refractivity contribution in [1.82, 2.24) is 4.90 Å². The van der Waals surface area contributed by atoms with E-state index in [-0.39, 0.29) is 13.0 Å². The molecule has 1 fully saturated rings. The van der Waals surface area contributed by atoms with Crippen LogP contribution in [0.5, 0.6) is 0 Å². The fraction of sp³-hybridized carbons (Fsp3) is 1.00. The zero-order chi connectivity index (χ0) is 9.41. The van der Waals surface area contributed by atoms with E-state index in [2.05, 4.69) is 0 Å². The fourth-order valence-electron chi connectivity index (χ4n) is 1.53. The van der Waals surface area contributed by atoms with E-state index >= 15 is 0 Å². The Bertz CT molecular complexity index is 171. The highest BCUT2D eigenvalue weighted by molar-refractivity contribution is 4.93. The Labute approximate surface area is 69.0 Å². The molecule has 0 aromatic rings. The Hall–Kier alpha value is -0.290. The van der Waals surface area contributed by atoms with E-state index in [0.29, 0.717) is 6.54 Å². The molecule has 0 aromatic carbocycles. The van der Waals surface area contributed by atoms with E-state index < -0.39 is 18.2 Å². The molecule has 1 aliphatic rings. The number of aliphatic hydroxyl groups excluding tert-OH is 1. The molecule has 0 radical (unpaired) electrons. The van der Waals surface area contributed by atoms with E-state index in [1.807, 2.05) is 0 Å². The van der Waals surface area contributed by atoms with Gasteiger partial charge in [-0.3, -0.25) is 0 Å². The molecule has 0 amide bonds. The number of nitrogens with zero attached hydrogens (tertiary/aromatic N) is 1. The molecule has 0 bridgehead atoms. The van der Waals surface area contributed by atoms with E-state index in [1.54, 1.807) is 11.9 Å². The van der Waals surface area contributed by atoms with Crippen LogP contribution in [0.15, 0.2) is 0 Å². The van der Waals surface area contributed by atoms with Crippen molar-refractivity contribution in [2.45, 2.75) is 12.6 Å². The summed E-state index contributed by atoms with van der Waals surface area (Å²) in [5, 5.41) is 8.72. The number of aliphatic hydroxyl groups is 1. The van der Waals surface area contributed by atoms with Gasteiger partial charge in [-0.25, -0.2) is 0 Å². The molecule has 0 spiro atoms. The topological polar surface area (TPSA) is 23.5 Å². The molecule has 12 heavy (non-hydrogen) atoms. The lowest BCUT2D eigenvalue weighted by molar-refractivity contribution is -0.230. The zero-order valence-corrected chi connectivity index (χ0v) is 6.86. The summed E-state index contributed by atoms with van der Waals surface area (Å²) in [5.74, 6) is 0. The van der Waals surface area contributed by atoms with E-state index in [1.165, 1.54) is 0 Å². The minimum Gasteiger partial charge on any atom is -0.395 e. The lowest BCUT2D eigenvalue weighted by Crippen LogP contribution is -2.43. The molecule has 0 unspecified atom stereocenters. The summed E-state index contributed by atoms with van der Waals surface area (Å²) in [6.07, 6.45) is -4.28. The SMILES string of the molecule is CN1CC[C@@](CO)(C(F)(F)F)C1. The second kappa shape index (κ2) is 2.88. The van der Waals surface area contributed by atoms with Gasteiger partial charge in [0.25, 0.3) is 0 Å². The smallest absolute Gasteiger partial charge is 0.395 e. The lowest BCUT2D eigenvalue weighted by Gasteiger charge is -2.29. The Morgan fingerprint density at radius 1 is 1.50 bits per heavy atom. The third-order valence-electron chi connectivity index (χ3n) is 2.45. The number of rotatable bonds is 1. The predicted octanol–water partition coefficient (Wildman–Crippen LogP) is 0.863. The normalized spacial score (nSPS) is 32.8. The van der Waals surface area contributed by atoms with Gasteiger partial charge in [0.05, 0.1) is 6.61 Å². The van der Waals surface area contributed by atoms with Crippen LogP contribution in [0.4, 0.5) is 13.2 Å². The van der Waals surface area contributed by atoms with Crippen molar-refractivity contribution in [3.63, 3.8) is 0 Å². The zero-order valence-electron chi connectivity index (χ0n) is 6.86. The first-order valence-electron chi connectivity index (χ1n) is 3.77. The van der Waals surface area contributed by atoms with Gasteiger partial charge >= 0.3 is 6.18 Å². The molecular formula is C7H12F3NO. The van der Waals surface area contributed by atoms with Gasteiger partial charge in [0.15, 0.2) is 0 Å². The molecule has 1 atom stereocenters. The fourth-order valence-corrected chi connectivity index (χ4v) is 1.53. The number of alkyl halides is 3. The number of halogens is 3. The van der Waals surface area contributed by atoms with Crippen LogP contribution in [-0.2, 0) is 0 Å². The largest absolute Gasteiger partial charge is 0.397 e. The van der Waals surface area contributed by atoms with Gasteiger partial charge in [0.1, 0.15) is 5.41 Å². The quantitative estimate of drug-likeness (QED) is 0.651. The Morgan fingerprint density at radius 3 is 2.25 bits per heavy atom. The van der Waals surface area contributed by atoms with Crippen LogP contribution in [0.25, 0.3) is 0 Å². The average molecular weight is 183 g/mol. The van der Waals surface area contributed by atoms with Gasteiger partial charge in [-0.15, -0.1) is 0 Å². The molecule has 0 aromatic heterocycles. The molecule has 1 rings (SSSR count). The molecule has 0 saturated carbocycles. The van der Waals surface area contributed by atoms with Gasteiger partial charge in [-0.1, -0.05) is 0 Å². The van der Waals surface area contributed by atoms with Crippen LogP contribution in [-0.4, -0.2) is 42.9 Å². The summed E-state index contributed by atoms with van der Waals surface area (Å²) in [7, 11) is 1.63. The van der Waals surface area contributed by atoms with Crippen LogP contribution in [0, 0.1) is 5.41 Å². The summed E-state index contributed by atoms with van der Waals surface area (Å²) < 4.78 is 37.2. The number of hydrogen-bond donors (Lipinski definition) is 1. The maximum atomic E-state index is 12.4. The van der Waals surface area contributed by atoms with Crippen molar-refractivity contribution in [3.05, 3.63) is 0 Å². The van der Waals surface area contributed by atoms with Crippen LogP contribution in [0.3, 0.4) is 0 Å². The summed E-state index contributed by atoms with van der Waals surface area (Å²) >= 11 is 0. The second-order valence-electron chi connectivity index (χ2n) is 3.42. The standard InChI is InChI=1S/C7H12F3NO/c1-11-3-2-6(4-11,5-12)7(8,9)10/h12H,2-5H2,1H3/t6-/m1/s1. The summed E-state index contributed by atoms with van der Waals surface area (Å²) in [5.41, 5.74) is -1.87. The minimum atomic E-state index is -4.29. The molecule has 2 nitrogen and oxygen atoms in total. The highest BCUT2D eigenvalue weighted by atomic mass is 19.4. The van der Waals surface area contributed by atoms with Gasteiger partial charge < -0.3 is 10.0 Å². The van der Waals surface area contributed by atoms with Gasteiger partial charge in [0, 0.05) is 6.54 Å². The van der Waals surface area contributed by atoms with Gasteiger partial charge in [0.2, 0.25) is 0 Å². The molecule has 1 saturated heterocycles. The first kappa shape index (κ1) is 9.80. The third-order valence-corrected chi connectivity index (χ3v) is 2.45. The molecule has 0 aliphatic carbocycles. The summed E-state index contributed by atoms with van der Waals surface area (Å²) in [6.45, 7) is -0.492. The van der Waals surface area contributed by atoms with E-state index in [4.69, 9.17) is 5.11 Å². The molecule has 1 heterocycles. The monoisotopic (exact) mass is 183 g/mol. The van der Waals surface area contributed by atoms with Crippen molar-refractivity contribution < 1.29 is 18.3 Å². The highest BCUT2D eigenvalue weighted by Gasteiger charge is 2.56. The van der Waals surface area contributed by atoms with Crippen molar-refractivity contribution in [1.29, 1.82) is 0 Å². The molecular weight excluding hydrogens is 171 g/mol. The number of hydrogen-bond acceptors (Lipinski definition) is 2. The number of likely N-dealkylation sites (tertiary alicyclic amines) is 1. The summed E-state index contributed by atoms with van der Waals surface area (Å²) in [6, 6.07) is 0. The average Bonchev–Trinajstić information content (AvgIpc) is 2.31. The van der Waals surface area contributed by atoms with Gasteiger partial charge in [-0.05, 0) is 20.0 Å². The maximum absolute atomic E-state index is 12.4. The van der Waals surface area contributed by atoms with Crippen LogP contribution < -0.4 is 0 Å². The first-order chi connectivity index (χ1) is 5.41. The van der Waals surface area contributed by atoms with Crippen molar-refractivity contribution in [2.75, 3.05) is 26.7 Å². The van der Waals surface area contributed by atoms with Crippen molar-refractivity contribution in [2.24, 2.45) is 5.41 Å². The van der Waals surface area contributed by atoms with Crippen LogP contribution in [0.2, 0.25) is 0 Å². The maximum Gasteiger partial charge on any atom is 0.397 e. The van der Waals surface area contributed by atoms with Crippen LogP contribution in [0.1, 0.15) is 6.42 Å². The Morgan fingerprint density at radius 2 is 2.08 bits per heavy atom. The summed E-state index contributed by atoms with van der Waals surface area (Å²) in [4.78, 5) is 1.59. The predicted molar refractivity (Wildman–Crippen MR) is 37.7 cm³/mol. The third kappa shape index (κ3) is 1.43. The molecule has 1 N–H and O–H groups in total.